The number of carbonyl (C=O) groups is 2. The molecule has 1 aliphatic heterocycles. The summed E-state index contributed by atoms with van der Waals surface area (Å²) in [4.78, 5) is 33.3. The van der Waals surface area contributed by atoms with Gasteiger partial charge in [-0.3, -0.25) is 14.5 Å². The number of benzene rings is 1. The van der Waals surface area contributed by atoms with E-state index in [1.165, 1.54) is 16.7 Å². The van der Waals surface area contributed by atoms with Gasteiger partial charge < -0.3 is 10.3 Å². The van der Waals surface area contributed by atoms with E-state index in [0.29, 0.717) is 27.2 Å². The zero-order valence-corrected chi connectivity index (χ0v) is 16.0. The second kappa shape index (κ2) is 8.48. The number of rotatable bonds is 6. The molecule has 6 nitrogen and oxygen atoms in total. The van der Waals surface area contributed by atoms with Crippen molar-refractivity contribution in [3.05, 3.63) is 58.0 Å². The number of aromatic amines is 1. The van der Waals surface area contributed by atoms with Crippen LogP contribution >= 0.6 is 35.6 Å². The minimum absolute atomic E-state index is 0.104. The Hall–Kier alpha value is -2.16. The number of amides is 2. The van der Waals surface area contributed by atoms with Gasteiger partial charge in [-0.05, 0) is 17.7 Å². The van der Waals surface area contributed by atoms with Crippen LogP contribution in [0.1, 0.15) is 11.3 Å². The number of carbonyl (C=O) groups excluding carboxylic acids is 2. The number of aromatic nitrogens is 2. The van der Waals surface area contributed by atoms with Crippen molar-refractivity contribution in [1.82, 2.24) is 20.2 Å². The Kier molecular flexibility index (Phi) is 6.08. The molecule has 1 aromatic heterocycles. The maximum atomic E-state index is 12.5. The van der Waals surface area contributed by atoms with Gasteiger partial charge in [0.1, 0.15) is 10.9 Å². The van der Waals surface area contributed by atoms with Gasteiger partial charge in [0.2, 0.25) is 5.91 Å². The van der Waals surface area contributed by atoms with Crippen LogP contribution in [-0.4, -0.2) is 44.1 Å². The Morgan fingerprint density at radius 1 is 1.42 bits per heavy atom. The molecule has 1 fully saturated rings. The first-order valence-corrected chi connectivity index (χ1v) is 9.38. The fraction of sp³-hybridized carbons (Fsp3) is 0.176. The van der Waals surface area contributed by atoms with Crippen molar-refractivity contribution in [3.63, 3.8) is 0 Å². The van der Waals surface area contributed by atoms with Crippen LogP contribution < -0.4 is 5.32 Å². The van der Waals surface area contributed by atoms with Crippen LogP contribution in [-0.2, 0) is 16.0 Å². The van der Waals surface area contributed by atoms with Crippen LogP contribution in [0.15, 0.2) is 41.7 Å². The zero-order chi connectivity index (χ0) is 18.5. The van der Waals surface area contributed by atoms with Gasteiger partial charge in [-0.2, -0.15) is 0 Å². The van der Waals surface area contributed by atoms with Gasteiger partial charge in [0.15, 0.2) is 0 Å². The van der Waals surface area contributed by atoms with Gasteiger partial charge in [-0.15, -0.1) is 0 Å². The Morgan fingerprint density at radius 2 is 2.23 bits per heavy atom. The van der Waals surface area contributed by atoms with Gasteiger partial charge >= 0.3 is 0 Å². The van der Waals surface area contributed by atoms with E-state index in [1.807, 2.05) is 18.2 Å². The third-order valence-electron chi connectivity index (χ3n) is 3.64. The second-order valence-electron chi connectivity index (χ2n) is 5.47. The molecule has 3 rings (SSSR count). The van der Waals surface area contributed by atoms with E-state index in [0.717, 1.165) is 11.3 Å². The third kappa shape index (κ3) is 4.51. The number of hydrogen-bond donors (Lipinski definition) is 2. The number of halogens is 1. The zero-order valence-electron chi connectivity index (χ0n) is 13.6. The first-order valence-electron chi connectivity index (χ1n) is 7.78. The van der Waals surface area contributed by atoms with Crippen LogP contribution in [0.3, 0.4) is 0 Å². The van der Waals surface area contributed by atoms with Crippen molar-refractivity contribution in [2.75, 3.05) is 13.1 Å². The first kappa shape index (κ1) is 18.6. The van der Waals surface area contributed by atoms with Crippen molar-refractivity contribution >= 4 is 57.8 Å². The lowest BCUT2D eigenvalue weighted by molar-refractivity contribution is -0.128. The third-order valence-corrected chi connectivity index (χ3v) is 5.36. The van der Waals surface area contributed by atoms with E-state index in [9.17, 15) is 9.59 Å². The summed E-state index contributed by atoms with van der Waals surface area (Å²) in [7, 11) is 0. The average molecular weight is 407 g/mol. The predicted octanol–water partition coefficient (Wildman–Crippen LogP) is 2.62. The molecule has 1 aromatic carbocycles. The van der Waals surface area contributed by atoms with Crippen LogP contribution in [0.4, 0.5) is 0 Å². The minimum Gasteiger partial charge on any atom is -0.354 e. The Labute approximate surface area is 165 Å². The van der Waals surface area contributed by atoms with Crippen LogP contribution in [0.5, 0.6) is 0 Å². The van der Waals surface area contributed by atoms with Crippen LogP contribution in [0.2, 0.25) is 5.02 Å². The molecule has 0 spiro atoms. The molecule has 2 aromatic rings. The highest BCUT2D eigenvalue weighted by Crippen LogP contribution is 2.33. The molecule has 9 heteroatoms. The van der Waals surface area contributed by atoms with Crippen molar-refractivity contribution in [1.29, 1.82) is 0 Å². The molecule has 0 saturated carbocycles. The second-order valence-corrected chi connectivity index (χ2v) is 7.55. The molecule has 0 aliphatic carbocycles. The quantitative estimate of drug-likeness (QED) is 0.569. The smallest absolute Gasteiger partial charge is 0.266 e. The maximum absolute atomic E-state index is 12.5. The van der Waals surface area contributed by atoms with Gasteiger partial charge in [0.05, 0.1) is 11.2 Å². The number of thiocarbonyl (C=S) groups is 1. The number of H-pyrrole nitrogens is 1. The van der Waals surface area contributed by atoms with Crippen molar-refractivity contribution < 1.29 is 9.59 Å². The number of hydrogen-bond acceptors (Lipinski definition) is 5. The van der Waals surface area contributed by atoms with Gasteiger partial charge in [0, 0.05) is 29.9 Å². The van der Waals surface area contributed by atoms with E-state index >= 15 is 0 Å². The minimum atomic E-state index is -0.288. The summed E-state index contributed by atoms with van der Waals surface area (Å²) in [6.07, 6.45) is 5.62. The normalized spacial score (nSPS) is 15.7. The number of nitrogens with zero attached hydrogens (tertiary/aromatic N) is 2. The Balaban J connectivity index is 1.58. The number of imidazole rings is 1. The Bertz CT molecular complexity index is 867. The van der Waals surface area contributed by atoms with Crippen molar-refractivity contribution in [3.8, 4) is 0 Å². The summed E-state index contributed by atoms with van der Waals surface area (Å²) in [5, 5.41) is 3.32. The molecule has 2 heterocycles. The van der Waals surface area contributed by atoms with Crippen LogP contribution in [0, 0.1) is 0 Å². The molecule has 134 valence electrons. The molecular weight excluding hydrogens is 392 g/mol. The maximum Gasteiger partial charge on any atom is 0.266 e. The lowest BCUT2D eigenvalue weighted by atomic mass is 10.2. The van der Waals surface area contributed by atoms with Crippen molar-refractivity contribution in [2.45, 2.75) is 6.42 Å². The van der Waals surface area contributed by atoms with E-state index in [-0.39, 0.29) is 18.4 Å². The summed E-state index contributed by atoms with van der Waals surface area (Å²) >= 11 is 12.5. The predicted molar refractivity (Wildman–Crippen MR) is 107 cm³/mol. The highest BCUT2D eigenvalue weighted by Gasteiger charge is 2.33. The highest BCUT2D eigenvalue weighted by atomic mass is 35.5. The topological polar surface area (TPSA) is 78.1 Å². The fourth-order valence-corrected chi connectivity index (χ4v) is 3.76. The summed E-state index contributed by atoms with van der Waals surface area (Å²) in [5.74, 6) is -0.552. The molecule has 0 radical (unpaired) electrons. The monoisotopic (exact) mass is 406 g/mol. The molecule has 1 aliphatic rings. The van der Waals surface area contributed by atoms with Gasteiger partial charge in [0.25, 0.3) is 5.91 Å². The summed E-state index contributed by atoms with van der Waals surface area (Å²) in [6.45, 7) is 0.346. The Morgan fingerprint density at radius 3 is 2.96 bits per heavy atom. The highest BCUT2D eigenvalue weighted by molar-refractivity contribution is 8.26. The molecule has 0 atom stereocenters. The molecule has 0 unspecified atom stereocenters. The number of nitrogens with one attached hydrogen (secondary N) is 2. The lowest BCUT2D eigenvalue weighted by Crippen LogP contribution is -2.40. The SMILES string of the molecule is O=C(CN1C(=O)C(=Cc2ccccc2Cl)SC1=S)NCCc1cnc[nH]1. The van der Waals surface area contributed by atoms with Gasteiger partial charge in [-0.1, -0.05) is 53.8 Å². The molecule has 2 N–H and O–H groups in total. The summed E-state index contributed by atoms with van der Waals surface area (Å²) in [6, 6.07) is 7.22. The van der Waals surface area contributed by atoms with E-state index in [4.69, 9.17) is 23.8 Å². The largest absolute Gasteiger partial charge is 0.354 e. The van der Waals surface area contributed by atoms with E-state index < -0.39 is 0 Å². The standard InChI is InChI=1S/C17H15ClN4O2S2/c18-13-4-2-1-3-11(13)7-14-16(24)22(17(25)26-14)9-15(23)20-6-5-12-8-19-10-21-12/h1-4,7-8,10H,5-6,9H2,(H,19,21)(H,20,23). The van der Waals surface area contributed by atoms with Gasteiger partial charge in [-0.25, -0.2) is 4.98 Å². The van der Waals surface area contributed by atoms with E-state index in [2.05, 4.69) is 15.3 Å². The molecular formula is C17H15ClN4O2S2. The molecule has 1 saturated heterocycles. The average Bonchev–Trinajstić information content (AvgIpc) is 3.21. The first-order chi connectivity index (χ1) is 12.5. The molecule has 26 heavy (non-hydrogen) atoms. The molecule has 0 bridgehead atoms. The fourth-order valence-electron chi connectivity index (χ4n) is 2.33. The summed E-state index contributed by atoms with van der Waals surface area (Å²) in [5.41, 5.74) is 1.66. The van der Waals surface area contributed by atoms with Crippen molar-refractivity contribution in [2.24, 2.45) is 0 Å². The van der Waals surface area contributed by atoms with E-state index in [1.54, 1.807) is 24.7 Å². The van der Waals surface area contributed by atoms with Crippen LogP contribution in [0.25, 0.3) is 6.08 Å². The lowest BCUT2D eigenvalue weighted by Gasteiger charge is -2.14. The summed E-state index contributed by atoms with van der Waals surface area (Å²) < 4.78 is 0.358. The molecule has 2 amide bonds. The number of thioether (sulfide) groups is 1.